The second-order valence-electron chi connectivity index (χ2n) is 28.8. The summed E-state index contributed by atoms with van der Waals surface area (Å²) in [6.45, 7) is 1.80. The largest absolute Gasteiger partial charge is 0.493 e. The van der Waals surface area contributed by atoms with Gasteiger partial charge in [0.05, 0.1) is 51.1 Å². The van der Waals surface area contributed by atoms with Crippen LogP contribution in [0.4, 0.5) is 0 Å². The predicted octanol–water partition coefficient (Wildman–Crippen LogP) is 14.0. The maximum absolute atomic E-state index is 14.9. The van der Waals surface area contributed by atoms with Crippen LogP contribution < -0.4 is 82.7 Å². The molecule has 0 unspecified atom stereocenters. The number of fused-ring (bicyclic) bond motifs is 8. The van der Waals surface area contributed by atoms with Crippen molar-refractivity contribution in [1.29, 1.82) is 0 Å². The molecular weight excluding hydrogens is 1520 g/mol. The monoisotopic (exact) mass is 1620 g/mol. The van der Waals surface area contributed by atoms with Crippen LogP contribution in [0.15, 0.2) is 315 Å². The zero-order valence-electron chi connectivity index (χ0n) is 64.9. The van der Waals surface area contributed by atoms with Gasteiger partial charge in [0.15, 0.2) is 28.6 Å². The van der Waals surface area contributed by atoms with Crippen molar-refractivity contribution in [2.24, 2.45) is 0 Å². The molecule has 0 radical (unpaired) electrons. The number of ether oxygens (including phenoxy) is 4. The summed E-state index contributed by atoms with van der Waals surface area (Å²) in [5.41, 5.74) is 6.89. The van der Waals surface area contributed by atoms with E-state index < -0.39 is 28.6 Å². The van der Waals surface area contributed by atoms with Gasteiger partial charge in [0.25, 0.3) is 0 Å². The standard InChI is InChI=1S/C96H96N4O12P4/c101-89(69-113(105,81-41-9-1-10-42-81)82-43-11-2-12-44-82)97-57-29-61-109-93-73-33-25-34-74(93)66-76-36-27-38-78(95(76)111-63-31-59-99-91(103)71-115(107,85-49-17-5-18-50-85)86-51-19-6-20-52-86)68-80-40-28-39-79(96(80)112-64-32-60-100-92(104)72-116(108,87-53-21-7-22-54-87)88-55-23-8-24-56-88)67-77-37-26-35-75(65-73)94(77)110-62-30-58-98-90(102)70-114(106,83-45-13-3-14-46-83)84-47-15-4-16-48-84/h1-28,33-56H,29-32,57-72H2,(H,97,101)(H,98,102)(H,99,103)(H,100,104). The van der Waals surface area contributed by atoms with E-state index in [0.29, 0.717) is 117 Å². The predicted molar refractivity (Wildman–Crippen MR) is 468 cm³/mol. The fraction of sp³-hybridized carbons (Fsp3) is 0.208. The molecule has 0 spiro atoms. The Morgan fingerprint density at radius 3 is 0.509 bits per heavy atom. The summed E-state index contributed by atoms with van der Waals surface area (Å²) >= 11 is 0. The van der Waals surface area contributed by atoms with Crippen molar-refractivity contribution in [3.8, 4) is 23.0 Å². The lowest BCUT2D eigenvalue weighted by Gasteiger charge is -2.23. The summed E-state index contributed by atoms with van der Waals surface area (Å²) in [5.74, 6) is 1.22. The summed E-state index contributed by atoms with van der Waals surface area (Å²) in [4.78, 5) is 55.8. The van der Waals surface area contributed by atoms with E-state index in [4.69, 9.17) is 18.9 Å². The van der Waals surface area contributed by atoms with Crippen molar-refractivity contribution >= 4 is 94.6 Å². The number of hydrogen-bond acceptors (Lipinski definition) is 12. The van der Waals surface area contributed by atoms with Gasteiger partial charge in [0.2, 0.25) is 23.6 Å². The van der Waals surface area contributed by atoms with E-state index in [1.54, 1.807) is 0 Å². The number of amides is 4. The molecule has 0 aromatic heterocycles. The smallest absolute Gasteiger partial charge is 0.228 e. The molecule has 0 heterocycles. The fourth-order valence-electron chi connectivity index (χ4n) is 14.8. The van der Waals surface area contributed by atoms with E-state index in [1.165, 1.54) is 0 Å². The Bertz CT molecular complexity index is 4570. The highest BCUT2D eigenvalue weighted by Gasteiger charge is 2.35. The molecule has 8 bridgehead atoms. The Morgan fingerprint density at radius 2 is 0.362 bits per heavy atom. The van der Waals surface area contributed by atoms with Crippen LogP contribution in [-0.2, 0) is 63.1 Å². The van der Waals surface area contributed by atoms with Crippen LogP contribution in [0.5, 0.6) is 23.0 Å². The first-order valence-electron chi connectivity index (χ1n) is 39.5. The molecular formula is C96H96N4O12P4. The summed E-state index contributed by atoms with van der Waals surface area (Å²) < 4.78 is 87.9. The van der Waals surface area contributed by atoms with Gasteiger partial charge in [-0.1, -0.05) is 315 Å². The maximum atomic E-state index is 14.9. The van der Waals surface area contributed by atoms with Crippen molar-refractivity contribution in [2.75, 3.05) is 77.3 Å². The van der Waals surface area contributed by atoms with Crippen LogP contribution in [0, 0.1) is 0 Å². The van der Waals surface area contributed by atoms with Crippen LogP contribution in [-0.4, -0.2) is 101 Å². The zero-order valence-corrected chi connectivity index (χ0v) is 68.4. The lowest BCUT2D eigenvalue weighted by molar-refractivity contribution is -0.119. The van der Waals surface area contributed by atoms with E-state index in [-0.39, 0.29) is 101 Å². The van der Waals surface area contributed by atoms with Crippen LogP contribution in [0.1, 0.15) is 70.2 Å². The lowest BCUT2D eigenvalue weighted by atomic mass is 9.91. The molecule has 1 aliphatic rings. The first kappa shape index (κ1) is 82.6. The summed E-state index contributed by atoms with van der Waals surface area (Å²) in [6, 6.07) is 97.7. The Kier molecular flexibility index (Phi) is 28.7. The van der Waals surface area contributed by atoms with Gasteiger partial charge in [0.1, 0.15) is 23.0 Å². The summed E-state index contributed by atoms with van der Waals surface area (Å²) in [7, 11) is -13.4. The molecule has 1 aliphatic carbocycles. The van der Waals surface area contributed by atoms with Gasteiger partial charge in [-0.3, -0.25) is 19.2 Å². The van der Waals surface area contributed by atoms with Crippen LogP contribution in [0.2, 0.25) is 0 Å². The molecule has 16 nitrogen and oxygen atoms in total. The third-order valence-electron chi connectivity index (χ3n) is 20.6. The van der Waals surface area contributed by atoms with Crippen LogP contribution >= 0.6 is 28.6 Å². The third-order valence-corrected chi connectivity index (χ3v) is 32.6. The fourth-order valence-corrected chi connectivity index (χ4v) is 24.8. The number of para-hydroxylation sites is 4. The Hall–Kier alpha value is -11.4. The van der Waals surface area contributed by atoms with Gasteiger partial charge in [-0.25, -0.2) is 0 Å². The first-order chi connectivity index (χ1) is 56.7. The van der Waals surface area contributed by atoms with Gasteiger partial charge >= 0.3 is 0 Å². The van der Waals surface area contributed by atoms with Crippen LogP contribution in [0.25, 0.3) is 0 Å². The molecule has 0 saturated carbocycles. The molecule has 13 rings (SSSR count). The quantitative estimate of drug-likeness (QED) is 0.0213. The molecule has 592 valence electrons. The minimum Gasteiger partial charge on any atom is -0.493 e. The highest BCUT2D eigenvalue weighted by Crippen LogP contribution is 2.47. The average Bonchev–Trinajstić information content (AvgIpc) is 0.822. The average molecular weight is 1620 g/mol. The third kappa shape index (κ3) is 21.0. The Balaban J connectivity index is 0.792. The number of rotatable bonds is 36. The molecule has 0 aliphatic heterocycles. The van der Waals surface area contributed by atoms with E-state index in [0.717, 1.165) is 44.5 Å². The van der Waals surface area contributed by atoms with E-state index in [9.17, 15) is 37.4 Å². The minimum absolute atomic E-state index is 0.205. The maximum Gasteiger partial charge on any atom is 0.228 e. The van der Waals surface area contributed by atoms with Crippen molar-refractivity contribution in [2.45, 2.75) is 51.4 Å². The van der Waals surface area contributed by atoms with Crippen molar-refractivity contribution in [1.82, 2.24) is 21.3 Å². The zero-order chi connectivity index (χ0) is 80.4. The molecule has 20 heteroatoms. The van der Waals surface area contributed by atoms with Crippen molar-refractivity contribution in [3.05, 3.63) is 360 Å². The minimum atomic E-state index is -3.35. The lowest BCUT2D eigenvalue weighted by Crippen LogP contribution is -2.32. The van der Waals surface area contributed by atoms with E-state index in [2.05, 4.69) is 21.3 Å². The van der Waals surface area contributed by atoms with Gasteiger partial charge in [0, 0.05) is 94.3 Å². The first-order valence-corrected chi connectivity index (χ1v) is 47.1. The molecule has 4 N–H and O–H groups in total. The molecule has 0 fully saturated rings. The van der Waals surface area contributed by atoms with E-state index >= 15 is 0 Å². The van der Waals surface area contributed by atoms with Crippen molar-refractivity contribution < 1.29 is 56.4 Å². The molecule has 116 heavy (non-hydrogen) atoms. The number of nitrogens with one attached hydrogen (secondary N) is 4. The van der Waals surface area contributed by atoms with Gasteiger partial charge in [-0.15, -0.1) is 0 Å². The topological polar surface area (TPSA) is 222 Å². The van der Waals surface area contributed by atoms with Gasteiger partial charge < -0.3 is 58.5 Å². The molecule has 12 aromatic carbocycles. The number of carbonyl (C=O) groups is 4. The summed E-state index contributed by atoms with van der Waals surface area (Å²) in [5, 5.41) is 17.0. The number of carbonyl (C=O) groups excluding carboxylic acids is 4. The summed E-state index contributed by atoms with van der Waals surface area (Å²) in [6.07, 6.45) is 2.24. The highest BCUT2D eigenvalue weighted by molar-refractivity contribution is 7.80. The SMILES string of the molecule is O=C(CP(=O)(c1ccccc1)c1ccccc1)NCCCOc1c2cccc1Cc1cccc(c1OCCCNC(=O)CP(=O)(c1ccccc1)c1ccccc1)Cc1cccc(c1OCCCNC(=O)CP(=O)(c1ccccc1)c1ccccc1)Cc1cccc(c1OCCCNC(=O)CP(=O)(c1ccccc1)c1ccccc1)C2. The molecule has 4 amide bonds. The Morgan fingerprint density at radius 1 is 0.216 bits per heavy atom. The van der Waals surface area contributed by atoms with Crippen molar-refractivity contribution in [3.63, 3.8) is 0 Å². The number of hydrogen-bond donors (Lipinski definition) is 4. The number of benzene rings is 12. The Labute approximate surface area is 679 Å². The highest BCUT2D eigenvalue weighted by atomic mass is 31.2. The molecule has 12 aromatic rings. The second-order valence-corrected chi connectivity index (χ2v) is 40.1. The van der Waals surface area contributed by atoms with Crippen LogP contribution in [0.3, 0.4) is 0 Å². The normalized spacial score (nSPS) is 12.1. The van der Waals surface area contributed by atoms with Gasteiger partial charge in [-0.05, 0) is 70.2 Å². The second kappa shape index (κ2) is 40.3. The van der Waals surface area contributed by atoms with E-state index in [1.807, 2.05) is 315 Å². The molecule has 0 saturated heterocycles. The molecule has 0 atom stereocenters. The van der Waals surface area contributed by atoms with Gasteiger partial charge in [-0.2, -0.15) is 0 Å².